The fourth-order valence-electron chi connectivity index (χ4n) is 2.58. The summed E-state index contributed by atoms with van der Waals surface area (Å²) in [5, 5.41) is 6.77. The van der Waals surface area contributed by atoms with Crippen molar-refractivity contribution in [3.63, 3.8) is 0 Å². The molecule has 9 heteroatoms. The van der Waals surface area contributed by atoms with Crippen LogP contribution in [0.4, 0.5) is 10.1 Å². The SMILES string of the molecule is COc1cccc(C(=O)NN=Cc2ccc(OCC(=O)Nc3ccc(F)cc3)c(Cl)c2)c1. The average Bonchev–Trinajstić information content (AvgIpc) is 2.80. The molecule has 0 aliphatic heterocycles. The van der Waals surface area contributed by atoms with Crippen molar-refractivity contribution >= 4 is 35.3 Å². The van der Waals surface area contributed by atoms with Gasteiger partial charge in [0.25, 0.3) is 11.8 Å². The van der Waals surface area contributed by atoms with E-state index in [0.29, 0.717) is 28.3 Å². The maximum absolute atomic E-state index is 12.9. The van der Waals surface area contributed by atoms with E-state index in [-0.39, 0.29) is 11.6 Å². The van der Waals surface area contributed by atoms with Crippen molar-refractivity contribution in [1.82, 2.24) is 5.43 Å². The van der Waals surface area contributed by atoms with E-state index in [1.54, 1.807) is 42.5 Å². The summed E-state index contributed by atoms with van der Waals surface area (Å²) in [5.41, 5.74) is 3.90. The highest BCUT2D eigenvalue weighted by molar-refractivity contribution is 6.32. The van der Waals surface area contributed by atoms with Crippen LogP contribution in [0.2, 0.25) is 5.02 Å². The number of ether oxygens (including phenoxy) is 2. The van der Waals surface area contributed by atoms with Gasteiger partial charge in [0.2, 0.25) is 0 Å². The smallest absolute Gasteiger partial charge is 0.271 e. The Balaban J connectivity index is 1.52. The molecule has 0 aliphatic rings. The lowest BCUT2D eigenvalue weighted by Crippen LogP contribution is -2.20. The van der Waals surface area contributed by atoms with Gasteiger partial charge in [-0.25, -0.2) is 9.82 Å². The lowest BCUT2D eigenvalue weighted by molar-refractivity contribution is -0.118. The molecule has 7 nitrogen and oxygen atoms in total. The number of amides is 2. The van der Waals surface area contributed by atoms with Crippen LogP contribution < -0.4 is 20.2 Å². The number of hydrogen-bond acceptors (Lipinski definition) is 5. The second-order valence-electron chi connectivity index (χ2n) is 6.46. The van der Waals surface area contributed by atoms with Crippen molar-refractivity contribution in [2.75, 3.05) is 19.0 Å². The fourth-order valence-corrected chi connectivity index (χ4v) is 2.83. The maximum atomic E-state index is 12.9. The molecule has 0 unspecified atom stereocenters. The van der Waals surface area contributed by atoms with Gasteiger partial charge in [-0.3, -0.25) is 9.59 Å². The van der Waals surface area contributed by atoms with Crippen LogP contribution in [0.25, 0.3) is 0 Å². The number of hydrogen-bond donors (Lipinski definition) is 2. The van der Waals surface area contributed by atoms with Gasteiger partial charge in [-0.15, -0.1) is 0 Å². The van der Waals surface area contributed by atoms with Crippen LogP contribution in [0.15, 0.2) is 71.8 Å². The average molecular weight is 456 g/mol. The summed E-state index contributed by atoms with van der Waals surface area (Å²) in [6, 6.07) is 16.9. The molecule has 0 heterocycles. The number of benzene rings is 3. The van der Waals surface area contributed by atoms with Gasteiger partial charge in [-0.2, -0.15) is 5.10 Å². The third kappa shape index (κ3) is 6.55. The third-order valence-electron chi connectivity index (χ3n) is 4.15. The Morgan fingerprint density at radius 1 is 1.09 bits per heavy atom. The summed E-state index contributed by atoms with van der Waals surface area (Å²) in [7, 11) is 1.52. The van der Waals surface area contributed by atoms with Crippen molar-refractivity contribution < 1.29 is 23.5 Å². The number of hydrazone groups is 1. The van der Waals surface area contributed by atoms with Crippen LogP contribution in [0.3, 0.4) is 0 Å². The van der Waals surface area contributed by atoms with Crippen molar-refractivity contribution in [2.24, 2.45) is 5.10 Å². The summed E-state index contributed by atoms with van der Waals surface area (Å²) in [6.07, 6.45) is 1.43. The highest BCUT2D eigenvalue weighted by Gasteiger charge is 2.08. The Morgan fingerprint density at radius 3 is 2.59 bits per heavy atom. The van der Waals surface area contributed by atoms with E-state index in [9.17, 15) is 14.0 Å². The van der Waals surface area contributed by atoms with Crippen LogP contribution in [0, 0.1) is 5.82 Å². The number of nitrogens with zero attached hydrogens (tertiary/aromatic N) is 1. The lowest BCUT2D eigenvalue weighted by Gasteiger charge is -2.09. The van der Waals surface area contributed by atoms with E-state index >= 15 is 0 Å². The summed E-state index contributed by atoms with van der Waals surface area (Å²) >= 11 is 6.20. The van der Waals surface area contributed by atoms with Crippen LogP contribution in [0.5, 0.6) is 11.5 Å². The van der Waals surface area contributed by atoms with E-state index in [4.69, 9.17) is 21.1 Å². The highest BCUT2D eigenvalue weighted by atomic mass is 35.5. The predicted molar refractivity (Wildman–Crippen MR) is 120 cm³/mol. The second kappa shape index (κ2) is 10.9. The molecule has 3 aromatic carbocycles. The van der Waals surface area contributed by atoms with Crippen molar-refractivity contribution in [3.8, 4) is 11.5 Å². The van der Waals surface area contributed by atoms with Crippen LogP contribution in [-0.2, 0) is 4.79 Å². The molecule has 0 aromatic heterocycles. The van der Waals surface area contributed by atoms with Crippen molar-refractivity contribution in [2.45, 2.75) is 0 Å². The largest absolute Gasteiger partial charge is 0.497 e. The monoisotopic (exact) mass is 455 g/mol. The van der Waals surface area contributed by atoms with Gasteiger partial charge >= 0.3 is 0 Å². The molecule has 0 atom stereocenters. The third-order valence-corrected chi connectivity index (χ3v) is 4.45. The van der Waals surface area contributed by atoms with E-state index in [0.717, 1.165) is 0 Å². The number of methoxy groups -OCH3 is 1. The number of carbonyl (C=O) groups excluding carboxylic acids is 2. The minimum atomic E-state index is -0.418. The Labute approximate surface area is 188 Å². The Hall–Kier alpha value is -3.91. The first-order valence-corrected chi connectivity index (χ1v) is 9.77. The van der Waals surface area contributed by atoms with Gasteiger partial charge in [-0.1, -0.05) is 17.7 Å². The van der Waals surface area contributed by atoms with Gasteiger partial charge < -0.3 is 14.8 Å². The van der Waals surface area contributed by atoms with Gasteiger partial charge in [0.05, 0.1) is 18.3 Å². The number of anilines is 1. The molecule has 2 N–H and O–H groups in total. The molecule has 3 rings (SSSR count). The first-order valence-electron chi connectivity index (χ1n) is 9.40. The number of rotatable bonds is 8. The quantitative estimate of drug-likeness (QED) is 0.392. The van der Waals surface area contributed by atoms with E-state index in [1.165, 1.54) is 37.6 Å². The maximum Gasteiger partial charge on any atom is 0.271 e. The van der Waals surface area contributed by atoms with Gasteiger partial charge in [0, 0.05) is 11.3 Å². The van der Waals surface area contributed by atoms with Crippen molar-refractivity contribution in [1.29, 1.82) is 0 Å². The molecule has 0 fully saturated rings. The topological polar surface area (TPSA) is 89.0 Å². The molecule has 0 saturated carbocycles. The minimum Gasteiger partial charge on any atom is -0.497 e. The first-order chi connectivity index (χ1) is 15.4. The summed E-state index contributed by atoms with van der Waals surface area (Å²) in [6.45, 7) is -0.277. The molecule has 0 aliphatic carbocycles. The summed E-state index contributed by atoms with van der Waals surface area (Å²) in [4.78, 5) is 24.1. The van der Waals surface area contributed by atoms with E-state index < -0.39 is 17.6 Å². The van der Waals surface area contributed by atoms with Crippen LogP contribution in [-0.4, -0.2) is 31.7 Å². The second-order valence-corrected chi connectivity index (χ2v) is 6.87. The molecular formula is C23H19ClFN3O4. The molecule has 0 spiro atoms. The highest BCUT2D eigenvalue weighted by Crippen LogP contribution is 2.25. The van der Waals surface area contributed by atoms with E-state index in [2.05, 4.69) is 15.8 Å². The number of nitrogens with one attached hydrogen (secondary N) is 2. The lowest BCUT2D eigenvalue weighted by atomic mass is 10.2. The Morgan fingerprint density at radius 2 is 1.88 bits per heavy atom. The molecule has 3 aromatic rings. The van der Waals surface area contributed by atoms with E-state index in [1.807, 2.05) is 0 Å². The Kier molecular flexibility index (Phi) is 7.77. The molecular weight excluding hydrogens is 437 g/mol. The van der Waals surface area contributed by atoms with Gasteiger partial charge in [0.15, 0.2) is 6.61 Å². The number of halogens is 2. The molecule has 32 heavy (non-hydrogen) atoms. The van der Waals surface area contributed by atoms with Crippen LogP contribution >= 0.6 is 11.6 Å². The minimum absolute atomic E-state index is 0.266. The summed E-state index contributed by atoms with van der Waals surface area (Å²) in [5.74, 6) is -0.333. The zero-order chi connectivity index (χ0) is 22.9. The number of carbonyl (C=O) groups is 2. The molecule has 0 saturated heterocycles. The molecule has 164 valence electrons. The summed E-state index contributed by atoms with van der Waals surface area (Å²) < 4.78 is 23.4. The van der Waals surface area contributed by atoms with Crippen LogP contribution in [0.1, 0.15) is 15.9 Å². The van der Waals surface area contributed by atoms with Crippen molar-refractivity contribution in [3.05, 3.63) is 88.7 Å². The molecule has 0 radical (unpaired) electrons. The molecule has 2 amide bonds. The normalized spacial score (nSPS) is 10.6. The molecule has 0 bridgehead atoms. The standard InChI is InChI=1S/C23H19ClFN3O4/c1-31-19-4-2-3-16(12-19)23(30)28-26-13-15-5-10-21(20(24)11-15)32-14-22(29)27-18-8-6-17(25)7-9-18/h2-13H,14H2,1H3,(H,27,29)(H,28,30). The predicted octanol–water partition coefficient (Wildman–Crippen LogP) is 4.27. The first kappa shape index (κ1) is 22.8. The zero-order valence-corrected chi connectivity index (χ0v) is 17.7. The Bertz CT molecular complexity index is 1140. The van der Waals surface area contributed by atoms with Gasteiger partial charge in [-0.05, 0) is 66.2 Å². The zero-order valence-electron chi connectivity index (χ0n) is 17.0. The van der Waals surface area contributed by atoms with Gasteiger partial charge in [0.1, 0.15) is 17.3 Å². The fraction of sp³-hybridized carbons (Fsp3) is 0.0870.